The van der Waals surface area contributed by atoms with E-state index in [-0.39, 0.29) is 17.8 Å². The first-order valence-electron chi connectivity index (χ1n) is 11.0. The summed E-state index contributed by atoms with van der Waals surface area (Å²) in [6, 6.07) is 8.95. The minimum atomic E-state index is -0.383. The van der Waals surface area contributed by atoms with E-state index in [0.717, 1.165) is 31.3 Å². The van der Waals surface area contributed by atoms with Crippen molar-refractivity contribution in [1.82, 2.24) is 19.8 Å². The first-order valence-corrected chi connectivity index (χ1v) is 11.0. The van der Waals surface area contributed by atoms with E-state index in [0.29, 0.717) is 37.4 Å². The number of halogens is 1. The van der Waals surface area contributed by atoms with Gasteiger partial charge in [0.05, 0.1) is 25.0 Å². The second-order valence-electron chi connectivity index (χ2n) is 8.33. The molecule has 0 unspecified atom stereocenters. The summed E-state index contributed by atoms with van der Waals surface area (Å²) in [6.45, 7) is 2.32. The van der Waals surface area contributed by atoms with Gasteiger partial charge in [-0.3, -0.25) is 9.69 Å². The smallest absolute Gasteiger partial charge is 0.236 e. The molecule has 3 heterocycles. The fraction of sp³-hybridized carbons (Fsp3) is 0.522. The monoisotopic (exact) mass is 427 g/mol. The molecule has 2 aromatic heterocycles. The molecule has 31 heavy (non-hydrogen) atoms. The van der Waals surface area contributed by atoms with E-state index >= 15 is 0 Å². The summed E-state index contributed by atoms with van der Waals surface area (Å²) in [4.78, 5) is 25.6. The third kappa shape index (κ3) is 5.77. The number of pyridine rings is 2. The molecule has 0 aromatic carbocycles. The zero-order valence-electron chi connectivity index (χ0n) is 18.0. The van der Waals surface area contributed by atoms with Gasteiger partial charge in [0.2, 0.25) is 5.91 Å². The van der Waals surface area contributed by atoms with Crippen molar-refractivity contribution in [1.29, 1.82) is 0 Å². The summed E-state index contributed by atoms with van der Waals surface area (Å²) in [7, 11) is 1.94. The molecule has 1 N–H and O–H groups in total. The van der Waals surface area contributed by atoms with Gasteiger partial charge in [0.25, 0.3) is 0 Å². The molecule has 7 nitrogen and oxygen atoms in total. The predicted octanol–water partition coefficient (Wildman–Crippen LogP) is 3.52. The van der Waals surface area contributed by atoms with Crippen LogP contribution in [0.25, 0.3) is 0 Å². The van der Waals surface area contributed by atoms with E-state index in [4.69, 9.17) is 4.74 Å². The summed E-state index contributed by atoms with van der Waals surface area (Å²) in [5.74, 6) is 0.934. The van der Waals surface area contributed by atoms with Crippen LogP contribution in [0.5, 0.6) is 0 Å². The van der Waals surface area contributed by atoms with Crippen LogP contribution in [0.1, 0.15) is 43.9 Å². The quantitative estimate of drug-likeness (QED) is 0.761. The number of hydrogen-bond donors (Lipinski definition) is 1. The van der Waals surface area contributed by atoms with E-state index in [9.17, 15) is 9.18 Å². The fourth-order valence-electron chi connectivity index (χ4n) is 4.28. The van der Waals surface area contributed by atoms with Crippen molar-refractivity contribution in [2.45, 2.75) is 44.2 Å². The van der Waals surface area contributed by atoms with Crippen LogP contribution in [-0.2, 0) is 9.53 Å². The molecule has 4 rings (SSSR count). The molecule has 2 aromatic rings. The van der Waals surface area contributed by atoms with E-state index in [1.165, 1.54) is 25.3 Å². The highest BCUT2D eigenvalue weighted by atomic mass is 19.1. The molecule has 1 aliphatic carbocycles. The number of amides is 1. The Labute approximate surface area is 182 Å². The maximum atomic E-state index is 13.1. The maximum Gasteiger partial charge on any atom is 0.236 e. The Morgan fingerprint density at radius 1 is 1.23 bits per heavy atom. The second-order valence-corrected chi connectivity index (χ2v) is 8.33. The molecule has 1 saturated carbocycles. The highest BCUT2D eigenvalue weighted by Crippen LogP contribution is 2.24. The third-order valence-corrected chi connectivity index (χ3v) is 6.11. The molecule has 8 heteroatoms. The maximum absolute atomic E-state index is 13.1. The van der Waals surface area contributed by atoms with Crippen LogP contribution < -0.4 is 5.32 Å². The largest absolute Gasteiger partial charge is 0.369 e. The SMILES string of the molecule is CN(C(=O)CN1CCO[C@H](c2cccc(Nc3ccc(F)cn3)n2)C1)C1CCCCC1. The molecular formula is C23H30FN5O2. The average molecular weight is 428 g/mol. The van der Waals surface area contributed by atoms with Gasteiger partial charge in [-0.2, -0.15) is 0 Å². The Kier molecular flexibility index (Phi) is 7.09. The van der Waals surface area contributed by atoms with Gasteiger partial charge >= 0.3 is 0 Å². The van der Waals surface area contributed by atoms with Crippen molar-refractivity contribution in [3.05, 3.63) is 48.0 Å². The van der Waals surface area contributed by atoms with Gasteiger partial charge in [0, 0.05) is 26.2 Å². The van der Waals surface area contributed by atoms with Crippen molar-refractivity contribution >= 4 is 17.5 Å². The summed E-state index contributed by atoms with van der Waals surface area (Å²) in [5, 5.41) is 3.09. The minimum Gasteiger partial charge on any atom is -0.369 e. The average Bonchev–Trinajstić information content (AvgIpc) is 2.81. The van der Waals surface area contributed by atoms with Crippen molar-refractivity contribution < 1.29 is 13.9 Å². The summed E-state index contributed by atoms with van der Waals surface area (Å²) in [5.41, 5.74) is 0.796. The Balaban J connectivity index is 1.35. The molecule has 1 atom stereocenters. The number of ether oxygens (including phenoxy) is 1. The molecule has 166 valence electrons. The Bertz CT molecular complexity index is 873. The minimum absolute atomic E-state index is 0.179. The molecule has 2 fully saturated rings. The molecule has 1 saturated heterocycles. The van der Waals surface area contributed by atoms with Gasteiger partial charge in [-0.25, -0.2) is 14.4 Å². The Hall–Kier alpha value is -2.58. The molecule has 0 bridgehead atoms. The number of carbonyl (C=O) groups is 1. The van der Waals surface area contributed by atoms with Crippen LogP contribution in [0.4, 0.5) is 16.0 Å². The fourth-order valence-corrected chi connectivity index (χ4v) is 4.28. The van der Waals surface area contributed by atoms with Crippen LogP contribution in [0.15, 0.2) is 36.5 Å². The van der Waals surface area contributed by atoms with Crippen molar-refractivity contribution in [3.8, 4) is 0 Å². The van der Waals surface area contributed by atoms with Gasteiger partial charge in [-0.1, -0.05) is 25.3 Å². The lowest BCUT2D eigenvalue weighted by molar-refractivity contribution is -0.135. The molecule has 0 radical (unpaired) electrons. The first kappa shape index (κ1) is 21.6. The summed E-state index contributed by atoms with van der Waals surface area (Å²) < 4.78 is 19.0. The second kappa shape index (κ2) is 10.2. The van der Waals surface area contributed by atoms with Gasteiger partial charge in [0.15, 0.2) is 0 Å². The number of hydrogen-bond acceptors (Lipinski definition) is 6. The number of rotatable bonds is 6. The number of aromatic nitrogens is 2. The van der Waals surface area contributed by atoms with E-state index in [2.05, 4.69) is 20.2 Å². The normalized spacial score (nSPS) is 20.4. The number of carbonyl (C=O) groups excluding carboxylic acids is 1. The van der Waals surface area contributed by atoms with E-state index < -0.39 is 0 Å². The van der Waals surface area contributed by atoms with E-state index in [1.54, 1.807) is 6.07 Å². The highest BCUT2D eigenvalue weighted by Gasteiger charge is 2.28. The number of nitrogens with zero attached hydrogens (tertiary/aromatic N) is 4. The van der Waals surface area contributed by atoms with E-state index in [1.807, 2.05) is 30.1 Å². The third-order valence-electron chi connectivity index (χ3n) is 6.11. The van der Waals surface area contributed by atoms with Crippen molar-refractivity contribution in [2.24, 2.45) is 0 Å². The lowest BCUT2D eigenvalue weighted by atomic mass is 9.94. The van der Waals surface area contributed by atoms with Crippen LogP contribution in [0, 0.1) is 5.82 Å². The van der Waals surface area contributed by atoms with Crippen LogP contribution in [0.2, 0.25) is 0 Å². The highest BCUT2D eigenvalue weighted by molar-refractivity contribution is 5.78. The summed E-state index contributed by atoms with van der Waals surface area (Å²) in [6.07, 6.45) is 6.89. The molecule has 2 aliphatic rings. The lowest BCUT2D eigenvalue weighted by Crippen LogP contribution is -2.47. The van der Waals surface area contributed by atoms with Gasteiger partial charge in [0.1, 0.15) is 23.6 Å². The topological polar surface area (TPSA) is 70.6 Å². The van der Waals surface area contributed by atoms with Crippen molar-refractivity contribution in [3.63, 3.8) is 0 Å². The van der Waals surface area contributed by atoms with Crippen LogP contribution in [-0.4, -0.2) is 65.0 Å². The molecule has 1 aliphatic heterocycles. The number of morpholine rings is 1. The molecule has 1 amide bonds. The van der Waals surface area contributed by atoms with Gasteiger partial charge in [-0.05, 0) is 37.1 Å². The summed E-state index contributed by atoms with van der Waals surface area (Å²) >= 11 is 0. The number of nitrogens with one attached hydrogen (secondary N) is 1. The first-order chi connectivity index (χ1) is 15.1. The van der Waals surface area contributed by atoms with Crippen molar-refractivity contribution in [2.75, 3.05) is 38.6 Å². The predicted molar refractivity (Wildman–Crippen MR) is 116 cm³/mol. The van der Waals surface area contributed by atoms with Gasteiger partial charge in [-0.15, -0.1) is 0 Å². The zero-order chi connectivity index (χ0) is 21.6. The Morgan fingerprint density at radius 2 is 2.06 bits per heavy atom. The molecule has 0 spiro atoms. The zero-order valence-corrected chi connectivity index (χ0v) is 18.0. The number of anilines is 2. The van der Waals surface area contributed by atoms with Crippen LogP contribution in [0.3, 0.4) is 0 Å². The van der Waals surface area contributed by atoms with Gasteiger partial charge < -0.3 is 15.0 Å². The number of likely N-dealkylation sites (N-methyl/N-ethyl adjacent to an activating group) is 1. The lowest BCUT2D eigenvalue weighted by Gasteiger charge is -2.36. The van der Waals surface area contributed by atoms with Crippen LogP contribution >= 0.6 is 0 Å². The molecular weight excluding hydrogens is 397 g/mol. The Morgan fingerprint density at radius 3 is 2.84 bits per heavy atom. The standard InChI is InChI=1S/C23H30FN5O2/c1-28(18-6-3-2-4-7-18)23(30)16-29-12-13-31-20(15-29)19-8-5-9-22(26-19)27-21-11-10-17(24)14-25-21/h5,8-11,14,18,20H,2-4,6-7,12-13,15-16H2,1H3,(H,25,26,27)/t20-/m0/s1.